The molecule has 1 aromatic carbocycles. The lowest BCUT2D eigenvalue weighted by molar-refractivity contribution is 0.0637. The van der Waals surface area contributed by atoms with Crippen LogP contribution in [0.25, 0.3) is 5.69 Å². The minimum Gasteiger partial charge on any atom is -0.382 e. The van der Waals surface area contributed by atoms with E-state index in [1.165, 1.54) is 0 Å². The Morgan fingerprint density at radius 2 is 1.95 bits per heavy atom. The van der Waals surface area contributed by atoms with Crippen molar-refractivity contribution in [3.63, 3.8) is 0 Å². The van der Waals surface area contributed by atoms with Gasteiger partial charge in [0.25, 0.3) is 0 Å². The molecule has 1 fully saturated rings. The van der Waals surface area contributed by atoms with Crippen molar-refractivity contribution in [3.05, 3.63) is 36.7 Å². The second kappa shape index (κ2) is 5.40. The minimum absolute atomic E-state index is 0.336. The second-order valence-corrected chi connectivity index (χ2v) is 4.89. The molecule has 0 bridgehead atoms. The molecule has 3 rings (SSSR count). The van der Waals surface area contributed by atoms with Crippen molar-refractivity contribution in [2.45, 2.75) is 32.0 Å². The van der Waals surface area contributed by atoms with E-state index in [9.17, 15) is 0 Å². The number of ether oxygens (including phenoxy) is 1. The van der Waals surface area contributed by atoms with Gasteiger partial charge in [-0.25, -0.2) is 0 Å². The van der Waals surface area contributed by atoms with Gasteiger partial charge in [0.05, 0.1) is 30.3 Å². The maximum Gasteiger partial charge on any atom is 0.0858 e. The monoisotopic (exact) mass is 258 g/mol. The number of nitrogens with one attached hydrogen (secondary N) is 1. The molecular formula is C14H18N4O. The highest BCUT2D eigenvalue weighted by Crippen LogP contribution is 2.20. The summed E-state index contributed by atoms with van der Waals surface area (Å²) < 4.78 is 5.78. The largest absolute Gasteiger partial charge is 0.382 e. The molecular weight excluding hydrogens is 240 g/mol. The fraction of sp³-hybridized carbons (Fsp3) is 0.429. The van der Waals surface area contributed by atoms with E-state index in [4.69, 9.17) is 4.74 Å². The molecule has 0 saturated carbocycles. The van der Waals surface area contributed by atoms with Gasteiger partial charge in [-0.1, -0.05) is 0 Å². The predicted molar refractivity (Wildman–Crippen MR) is 73.4 cm³/mol. The summed E-state index contributed by atoms with van der Waals surface area (Å²) >= 11 is 0. The topological polar surface area (TPSA) is 52.0 Å². The van der Waals surface area contributed by atoms with Crippen molar-refractivity contribution in [1.29, 1.82) is 0 Å². The van der Waals surface area contributed by atoms with Crippen LogP contribution in [0.1, 0.15) is 19.8 Å². The molecule has 19 heavy (non-hydrogen) atoms. The van der Waals surface area contributed by atoms with Gasteiger partial charge in [0, 0.05) is 12.2 Å². The van der Waals surface area contributed by atoms with Gasteiger partial charge < -0.3 is 10.1 Å². The van der Waals surface area contributed by atoms with Gasteiger partial charge in [-0.15, -0.1) is 0 Å². The molecule has 100 valence electrons. The Labute approximate surface area is 112 Å². The van der Waals surface area contributed by atoms with Gasteiger partial charge in [0.2, 0.25) is 0 Å². The van der Waals surface area contributed by atoms with Gasteiger partial charge in [0.15, 0.2) is 0 Å². The summed E-state index contributed by atoms with van der Waals surface area (Å²) in [5.41, 5.74) is 2.06. The van der Waals surface area contributed by atoms with Gasteiger partial charge in [-0.05, 0) is 44.0 Å². The zero-order chi connectivity index (χ0) is 13.1. The standard InChI is InChI=1S/C14H18N4O/c1-11-2-7-14(19-11)10-15-12-3-5-13(6-4-12)18-16-8-9-17-18/h3-6,8-9,11,14-15H,2,7,10H2,1H3. The molecule has 0 aliphatic carbocycles. The summed E-state index contributed by atoms with van der Waals surface area (Å²) in [5.74, 6) is 0. The smallest absolute Gasteiger partial charge is 0.0858 e. The number of nitrogens with zero attached hydrogens (tertiary/aromatic N) is 3. The second-order valence-electron chi connectivity index (χ2n) is 4.89. The zero-order valence-electron chi connectivity index (χ0n) is 11.0. The molecule has 0 radical (unpaired) electrons. The number of anilines is 1. The van der Waals surface area contributed by atoms with Crippen LogP contribution in [-0.2, 0) is 4.74 Å². The van der Waals surface area contributed by atoms with Crippen LogP contribution in [0.5, 0.6) is 0 Å². The van der Waals surface area contributed by atoms with Crippen molar-refractivity contribution in [2.75, 3.05) is 11.9 Å². The molecule has 1 aliphatic heterocycles. The molecule has 2 heterocycles. The zero-order valence-corrected chi connectivity index (χ0v) is 11.0. The molecule has 5 heteroatoms. The number of aromatic nitrogens is 3. The molecule has 2 aromatic rings. The first-order valence-corrected chi connectivity index (χ1v) is 6.67. The van der Waals surface area contributed by atoms with E-state index >= 15 is 0 Å². The van der Waals surface area contributed by atoms with E-state index in [0.29, 0.717) is 12.2 Å². The fourth-order valence-corrected chi connectivity index (χ4v) is 2.33. The highest BCUT2D eigenvalue weighted by atomic mass is 16.5. The number of rotatable bonds is 4. The molecule has 0 amide bonds. The van der Waals surface area contributed by atoms with E-state index in [-0.39, 0.29) is 0 Å². The summed E-state index contributed by atoms with van der Waals surface area (Å²) in [6.07, 6.45) is 6.39. The molecule has 5 nitrogen and oxygen atoms in total. The first-order valence-electron chi connectivity index (χ1n) is 6.67. The first-order chi connectivity index (χ1) is 9.31. The van der Waals surface area contributed by atoms with Gasteiger partial charge in [-0.3, -0.25) is 0 Å². The first kappa shape index (κ1) is 12.2. The van der Waals surface area contributed by atoms with Crippen LogP contribution in [0.3, 0.4) is 0 Å². The Kier molecular flexibility index (Phi) is 3.46. The highest BCUT2D eigenvalue weighted by Gasteiger charge is 2.21. The van der Waals surface area contributed by atoms with Gasteiger partial charge >= 0.3 is 0 Å². The predicted octanol–water partition coefficient (Wildman–Crippen LogP) is 2.25. The van der Waals surface area contributed by atoms with Crippen molar-refractivity contribution in [3.8, 4) is 5.69 Å². The van der Waals surface area contributed by atoms with Crippen LogP contribution in [0.15, 0.2) is 36.7 Å². The Balaban J connectivity index is 1.57. The lowest BCUT2D eigenvalue weighted by Gasteiger charge is -2.13. The van der Waals surface area contributed by atoms with Gasteiger partial charge in [-0.2, -0.15) is 15.0 Å². The van der Waals surface area contributed by atoms with E-state index in [2.05, 4.69) is 22.4 Å². The molecule has 1 saturated heterocycles. The molecule has 1 aromatic heterocycles. The van der Waals surface area contributed by atoms with Crippen molar-refractivity contribution >= 4 is 5.69 Å². The average molecular weight is 258 g/mol. The summed E-state index contributed by atoms with van der Waals surface area (Å²) in [6.45, 7) is 3.00. The van der Waals surface area contributed by atoms with Crippen LogP contribution in [0.4, 0.5) is 5.69 Å². The Morgan fingerprint density at radius 3 is 2.58 bits per heavy atom. The van der Waals surface area contributed by atoms with Crippen LogP contribution < -0.4 is 5.32 Å². The quantitative estimate of drug-likeness (QED) is 0.913. The Bertz CT molecular complexity index is 509. The Hall–Kier alpha value is -1.88. The van der Waals surface area contributed by atoms with E-state index < -0.39 is 0 Å². The summed E-state index contributed by atoms with van der Waals surface area (Å²) in [5, 5.41) is 11.6. The van der Waals surface area contributed by atoms with Gasteiger partial charge in [0.1, 0.15) is 0 Å². The third-order valence-electron chi connectivity index (χ3n) is 3.37. The number of hydrogen-bond acceptors (Lipinski definition) is 4. The Morgan fingerprint density at radius 1 is 1.21 bits per heavy atom. The van der Waals surface area contributed by atoms with E-state index in [1.807, 2.05) is 24.3 Å². The van der Waals surface area contributed by atoms with Crippen LogP contribution in [-0.4, -0.2) is 33.7 Å². The third kappa shape index (κ3) is 2.93. The molecule has 0 spiro atoms. The SMILES string of the molecule is CC1CCC(CNc2ccc(-n3nccn3)cc2)O1. The van der Waals surface area contributed by atoms with E-state index in [1.54, 1.807) is 17.2 Å². The normalized spacial score (nSPS) is 22.6. The summed E-state index contributed by atoms with van der Waals surface area (Å²) in [7, 11) is 0. The maximum atomic E-state index is 5.78. The maximum absolute atomic E-state index is 5.78. The van der Waals surface area contributed by atoms with E-state index in [0.717, 1.165) is 30.8 Å². The van der Waals surface area contributed by atoms with Crippen LogP contribution in [0, 0.1) is 0 Å². The average Bonchev–Trinajstić information content (AvgIpc) is 3.08. The summed E-state index contributed by atoms with van der Waals surface area (Å²) in [4.78, 5) is 1.60. The molecule has 2 atom stereocenters. The number of hydrogen-bond donors (Lipinski definition) is 1. The van der Waals surface area contributed by atoms with Crippen molar-refractivity contribution in [2.24, 2.45) is 0 Å². The molecule has 2 unspecified atom stereocenters. The van der Waals surface area contributed by atoms with Crippen molar-refractivity contribution < 1.29 is 4.74 Å². The molecule has 1 aliphatic rings. The highest BCUT2D eigenvalue weighted by molar-refractivity contribution is 5.48. The van der Waals surface area contributed by atoms with Crippen molar-refractivity contribution in [1.82, 2.24) is 15.0 Å². The van der Waals surface area contributed by atoms with Crippen LogP contribution in [0.2, 0.25) is 0 Å². The minimum atomic E-state index is 0.336. The molecule has 1 N–H and O–H groups in total. The number of benzene rings is 1. The lowest BCUT2D eigenvalue weighted by atomic mass is 10.2. The summed E-state index contributed by atoms with van der Waals surface area (Å²) in [6, 6.07) is 8.08. The van der Waals surface area contributed by atoms with Crippen LogP contribution >= 0.6 is 0 Å². The third-order valence-corrected chi connectivity index (χ3v) is 3.37. The fourth-order valence-electron chi connectivity index (χ4n) is 2.33. The lowest BCUT2D eigenvalue weighted by Crippen LogP contribution is -2.19.